The van der Waals surface area contributed by atoms with Crippen molar-refractivity contribution >= 4 is 28.8 Å². The van der Waals surface area contributed by atoms with Crippen molar-refractivity contribution in [3.05, 3.63) is 90.1 Å². The smallest absolute Gasteiger partial charge is 0.148 e. The minimum atomic E-state index is -1.11. The van der Waals surface area contributed by atoms with Gasteiger partial charge in [0, 0.05) is 42.7 Å². The van der Waals surface area contributed by atoms with Crippen LogP contribution in [0.25, 0.3) is 28.0 Å². The number of carbonyl (C=O) groups is 1. The maximum atomic E-state index is 11.0. The Kier molecular flexibility index (Phi) is 6.48. The highest BCUT2D eigenvalue weighted by Crippen LogP contribution is 2.26. The first-order chi connectivity index (χ1) is 17.9. The van der Waals surface area contributed by atoms with Gasteiger partial charge in [0.05, 0.1) is 34.7 Å². The lowest BCUT2D eigenvalue weighted by molar-refractivity contribution is -0.114. The van der Waals surface area contributed by atoms with Gasteiger partial charge in [0.25, 0.3) is 0 Å². The van der Waals surface area contributed by atoms with Gasteiger partial charge in [-0.2, -0.15) is 5.10 Å². The summed E-state index contributed by atoms with van der Waals surface area (Å²) in [6, 6.07) is 18.9. The van der Waals surface area contributed by atoms with E-state index in [-0.39, 0.29) is 12.3 Å². The number of hydrogen-bond donors (Lipinski definition) is 4. The first-order valence-corrected chi connectivity index (χ1v) is 11.7. The number of amidine groups is 1. The van der Waals surface area contributed by atoms with E-state index in [1.165, 1.54) is 0 Å². The van der Waals surface area contributed by atoms with Crippen LogP contribution in [0.1, 0.15) is 17.1 Å². The van der Waals surface area contributed by atoms with Crippen molar-refractivity contribution in [1.29, 1.82) is 5.41 Å². The van der Waals surface area contributed by atoms with Crippen LogP contribution in [-0.2, 0) is 24.8 Å². The van der Waals surface area contributed by atoms with Gasteiger partial charge in [-0.3, -0.25) is 10.4 Å². The van der Waals surface area contributed by atoms with E-state index in [0.717, 1.165) is 39.5 Å². The van der Waals surface area contributed by atoms with Crippen LogP contribution in [0.5, 0.6) is 0 Å². The predicted molar refractivity (Wildman–Crippen MR) is 142 cm³/mol. The third-order valence-electron chi connectivity index (χ3n) is 6.14. The second-order valence-corrected chi connectivity index (χ2v) is 8.69. The Labute approximate surface area is 212 Å². The molecule has 0 aliphatic heterocycles. The van der Waals surface area contributed by atoms with Gasteiger partial charge in [0.2, 0.25) is 0 Å². The SMILES string of the molecule is Cn1c(CNc2ccc(C(=N)N)cc2)nc2cc(-n3nc(CC(O)C=O)cc3-c3cccnc3)ccc21. The van der Waals surface area contributed by atoms with Crippen molar-refractivity contribution in [3.63, 3.8) is 0 Å². The molecule has 0 aliphatic carbocycles. The van der Waals surface area contributed by atoms with Crippen LogP contribution < -0.4 is 11.1 Å². The molecule has 0 amide bonds. The molecule has 0 fully saturated rings. The molecule has 0 radical (unpaired) electrons. The molecular formula is C27H26N8O2. The lowest BCUT2D eigenvalue weighted by Gasteiger charge is -2.08. The molecule has 0 bridgehead atoms. The molecule has 10 nitrogen and oxygen atoms in total. The number of nitrogen functional groups attached to an aromatic ring is 1. The fourth-order valence-corrected chi connectivity index (χ4v) is 4.19. The van der Waals surface area contributed by atoms with Crippen molar-refractivity contribution in [3.8, 4) is 16.9 Å². The number of anilines is 1. The van der Waals surface area contributed by atoms with E-state index >= 15 is 0 Å². The highest BCUT2D eigenvalue weighted by Gasteiger charge is 2.16. The fourth-order valence-electron chi connectivity index (χ4n) is 4.19. The Balaban J connectivity index is 1.46. The maximum Gasteiger partial charge on any atom is 0.148 e. The number of nitrogens with two attached hydrogens (primary N) is 1. The number of fused-ring (bicyclic) bond motifs is 1. The topological polar surface area (TPSA) is 148 Å². The van der Waals surface area contributed by atoms with Crippen LogP contribution in [0.3, 0.4) is 0 Å². The Hall–Kier alpha value is -4.83. The first kappa shape index (κ1) is 23.9. The number of imidazole rings is 1. The largest absolute Gasteiger partial charge is 0.385 e. The van der Waals surface area contributed by atoms with Gasteiger partial charge >= 0.3 is 0 Å². The number of aliphatic hydroxyl groups is 1. The Morgan fingerprint density at radius 3 is 2.70 bits per heavy atom. The van der Waals surface area contributed by atoms with Crippen LogP contribution in [0, 0.1) is 5.41 Å². The number of aldehydes is 1. The molecule has 1 unspecified atom stereocenters. The number of rotatable bonds is 9. The van der Waals surface area contributed by atoms with Crippen molar-refractivity contribution < 1.29 is 9.90 Å². The molecule has 2 aromatic carbocycles. The van der Waals surface area contributed by atoms with Gasteiger partial charge in [-0.05, 0) is 60.7 Å². The molecule has 5 rings (SSSR count). The number of nitrogens with one attached hydrogen (secondary N) is 2. The normalized spacial score (nSPS) is 11.9. The van der Waals surface area contributed by atoms with Gasteiger partial charge in [0.1, 0.15) is 24.1 Å². The molecule has 186 valence electrons. The van der Waals surface area contributed by atoms with Crippen LogP contribution >= 0.6 is 0 Å². The number of aryl methyl sites for hydroxylation is 1. The van der Waals surface area contributed by atoms with Crippen molar-refractivity contribution in [2.75, 3.05) is 5.32 Å². The quantitative estimate of drug-likeness (QED) is 0.140. The van der Waals surface area contributed by atoms with E-state index in [1.807, 2.05) is 60.1 Å². The third kappa shape index (κ3) is 4.95. The summed E-state index contributed by atoms with van der Waals surface area (Å²) in [6.07, 6.45) is 2.97. The van der Waals surface area contributed by atoms with E-state index in [0.29, 0.717) is 24.1 Å². The summed E-state index contributed by atoms with van der Waals surface area (Å²) in [5.41, 5.74) is 12.0. The second kappa shape index (κ2) is 10.0. The van der Waals surface area contributed by atoms with Gasteiger partial charge in [0.15, 0.2) is 0 Å². The first-order valence-electron chi connectivity index (χ1n) is 11.7. The van der Waals surface area contributed by atoms with Crippen LogP contribution in [-0.4, -0.2) is 47.6 Å². The van der Waals surface area contributed by atoms with Crippen LogP contribution in [0.4, 0.5) is 5.69 Å². The van der Waals surface area contributed by atoms with E-state index in [4.69, 9.17) is 16.1 Å². The number of carbonyl (C=O) groups excluding carboxylic acids is 1. The summed E-state index contributed by atoms with van der Waals surface area (Å²) in [4.78, 5) is 20.0. The molecule has 5 aromatic rings. The van der Waals surface area contributed by atoms with Gasteiger partial charge in [-0.1, -0.05) is 0 Å². The van der Waals surface area contributed by atoms with E-state index in [9.17, 15) is 9.90 Å². The zero-order valence-electron chi connectivity index (χ0n) is 20.2. The average molecular weight is 495 g/mol. The molecule has 1 atom stereocenters. The standard InChI is InChI=1S/C27H26N8O2/c1-34-24-9-8-21(13-23(24)32-26(34)15-31-19-6-4-17(5-7-19)27(28)29)35-25(18-3-2-10-30-14-18)12-20(33-35)11-22(37)16-36/h2-10,12-14,16,22,31,37H,11,15H2,1H3,(H3,28,29). The van der Waals surface area contributed by atoms with Crippen molar-refractivity contribution in [1.82, 2.24) is 24.3 Å². The van der Waals surface area contributed by atoms with Crippen molar-refractivity contribution in [2.45, 2.75) is 19.1 Å². The van der Waals surface area contributed by atoms with Gasteiger partial charge in [-0.25, -0.2) is 9.67 Å². The molecule has 0 saturated carbocycles. The lowest BCUT2D eigenvalue weighted by atomic mass is 10.1. The number of hydrogen-bond acceptors (Lipinski definition) is 7. The summed E-state index contributed by atoms with van der Waals surface area (Å²) >= 11 is 0. The summed E-state index contributed by atoms with van der Waals surface area (Å²) in [5.74, 6) is 0.888. The van der Waals surface area contributed by atoms with Gasteiger partial charge in [-0.15, -0.1) is 0 Å². The van der Waals surface area contributed by atoms with Gasteiger partial charge < -0.3 is 25.5 Å². The van der Waals surface area contributed by atoms with E-state index < -0.39 is 6.10 Å². The monoisotopic (exact) mass is 494 g/mol. The summed E-state index contributed by atoms with van der Waals surface area (Å²) < 4.78 is 3.82. The fraction of sp³-hybridized carbons (Fsp3) is 0.148. The number of aliphatic hydroxyl groups excluding tert-OH is 1. The highest BCUT2D eigenvalue weighted by atomic mass is 16.3. The number of nitrogens with zero attached hydrogens (tertiary/aromatic N) is 5. The summed E-state index contributed by atoms with van der Waals surface area (Å²) in [5, 5.41) is 25.4. The summed E-state index contributed by atoms with van der Waals surface area (Å²) in [7, 11) is 1.97. The molecule has 37 heavy (non-hydrogen) atoms. The number of aromatic nitrogens is 5. The zero-order valence-corrected chi connectivity index (χ0v) is 20.2. The molecule has 3 aromatic heterocycles. The minimum Gasteiger partial charge on any atom is -0.385 e. The molecule has 5 N–H and O–H groups in total. The minimum absolute atomic E-state index is 0.0357. The molecular weight excluding hydrogens is 468 g/mol. The summed E-state index contributed by atoms with van der Waals surface area (Å²) in [6.45, 7) is 0.510. The molecule has 0 aliphatic rings. The molecule has 3 heterocycles. The number of pyridine rings is 1. The van der Waals surface area contributed by atoms with Crippen molar-refractivity contribution in [2.24, 2.45) is 12.8 Å². The predicted octanol–water partition coefficient (Wildman–Crippen LogP) is 2.82. The highest BCUT2D eigenvalue weighted by molar-refractivity contribution is 5.95. The molecule has 10 heteroatoms. The molecule has 0 spiro atoms. The van der Waals surface area contributed by atoms with Crippen LogP contribution in [0.2, 0.25) is 0 Å². The average Bonchev–Trinajstić information content (AvgIpc) is 3.48. The van der Waals surface area contributed by atoms with Crippen LogP contribution in [0.15, 0.2) is 73.1 Å². The lowest BCUT2D eigenvalue weighted by Crippen LogP contribution is -2.12. The zero-order chi connectivity index (χ0) is 25.9. The Bertz CT molecular complexity index is 1570. The number of benzene rings is 2. The maximum absolute atomic E-state index is 11.0. The van der Waals surface area contributed by atoms with E-state index in [2.05, 4.69) is 15.4 Å². The second-order valence-electron chi connectivity index (χ2n) is 8.69. The van der Waals surface area contributed by atoms with E-state index in [1.54, 1.807) is 29.2 Å². The third-order valence-corrected chi connectivity index (χ3v) is 6.14. The molecule has 0 saturated heterocycles. The Morgan fingerprint density at radius 1 is 1.19 bits per heavy atom. The Morgan fingerprint density at radius 2 is 2.00 bits per heavy atom.